The molecule has 43 heavy (non-hydrogen) atoms. The summed E-state index contributed by atoms with van der Waals surface area (Å²) >= 11 is 0. The average molecular weight is 590 g/mol. The summed E-state index contributed by atoms with van der Waals surface area (Å²) in [7, 11) is 0. The Morgan fingerprint density at radius 3 is 2.60 bits per heavy atom. The number of fused-ring (bicyclic) bond motifs is 3. The first-order valence-corrected chi connectivity index (χ1v) is 14.6. The van der Waals surface area contributed by atoms with Gasteiger partial charge in [0.2, 0.25) is 11.8 Å². The summed E-state index contributed by atoms with van der Waals surface area (Å²) < 4.78 is 16.5. The lowest BCUT2D eigenvalue weighted by atomic mass is 10.0. The number of carbonyl (C=O) groups excluding carboxylic acids is 4. The van der Waals surface area contributed by atoms with E-state index in [2.05, 4.69) is 20.8 Å². The van der Waals surface area contributed by atoms with Crippen LogP contribution in [-0.2, 0) is 16.0 Å². The van der Waals surface area contributed by atoms with Crippen LogP contribution < -0.4 is 10.6 Å². The van der Waals surface area contributed by atoms with E-state index in [1.165, 1.54) is 34.6 Å². The Labute approximate surface area is 249 Å². The maximum absolute atomic E-state index is 14.8. The SMILES string of the molecule is CC(C)[C@@H]1CN(C(=O)c2cccc(-n3cnnc3)c2)CC(=O)NCCCc2ccc(F)c(c2)C(=O)N2CCC[C@H]2C(=O)N1. The van der Waals surface area contributed by atoms with Crippen molar-refractivity contribution in [1.29, 1.82) is 0 Å². The fourth-order valence-corrected chi connectivity index (χ4v) is 5.55. The summed E-state index contributed by atoms with van der Waals surface area (Å²) in [5.74, 6) is -2.32. The number of benzene rings is 2. The molecule has 4 amide bonds. The molecule has 0 aliphatic carbocycles. The first-order chi connectivity index (χ1) is 20.7. The van der Waals surface area contributed by atoms with Gasteiger partial charge in [-0.25, -0.2) is 4.39 Å². The largest absolute Gasteiger partial charge is 0.355 e. The molecule has 0 unspecified atom stereocenters. The third-order valence-electron chi connectivity index (χ3n) is 8.02. The van der Waals surface area contributed by atoms with Crippen LogP contribution in [0.5, 0.6) is 0 Å². The molecule has 1 fully saturated rings. The second kappa shape index (κ2) is 13.1. The van der Waals surface area contributed by atoms with Crippen LogP contribution in [-0.4, -0.2) is 86.5 Å². The molecule has 11 nitrogen and oxygen atoms in total. The fourth-order valence-electron chi connectivity index (χ4n) is 5.55. The zero-order valence-corrected chi connectivity index (χ0v) is 24.3. The van der Waals surface area contributed by atoms with Crippen LogP contribution in [0.4, 0.5) is 4.39 Å². The van der Waals surface area contributed by atoms with Gasteiger partial charge in [-0.1, -0.05) is 26.0 Å². The third kappa shape index (κ3) is 6.90. The quantitative estimate of drug-likeness (QED) is 0.483. The van der Waals surface area contributed by atoms with Gasteiger partial charge in [0.25, 0.3) is 11.8 Å². The predicted octanol–water partition coefficient (Wildman–Crippen LogP) is 2.36. The highest BCUT2D eigenvalue weighted by atomic mass is 19.1. The number of halogens is 1. The van der Waals surface area contributed by atoms with Crippen LogP contribution in [0.3, 0.4) is 0 Å². The highest BCUT2D eigenvalue weighted by molar-refractivity contribution is 5.99. The Kier molecular flexibility index (Phi) is 9.13. The van der Waals surface area contributed by atoms with Crippen LogP contribution in [0.15, 0.2) is 55.1 Å². The summed E-state index contributed by atoms with van der Waals surface area (Å²) in [6.07, 6.45) is 5.19. The molecule has 5 rings (SSSR count). The number of amides is 4. The van der Waals surface area contributed by atoms with Crippen molar-refractivity contribution in [3.63, 3.8) is 0 Å². The molecule has 2 aliphatic heterocycles. The highest BCUT2D eigenvalue weighted by Crippen LogP contribution is 2.24. The van der Waals surface area contributed by atoms with E-state index >= 15 is 0 Å². The van der Waals surface area contributed by atoms with Crippen molar-refractivity contribution in [1.82, 2.24) is 35.2 Å². The monoisotopic (exact) mass is 589 g/mol. The zero-order chi connectivity index (χ0) is 30.5. The number of rotatable bonds is 3. The van der Waals surface area contributed by atoms with Gasteiger partial charge >= 0.3 is 0 Å². The van der Waals surface area contributed by atoms with E-state index in [4.69, 9.17) is 0 Å². The Bertz CT molecular complexity index is 1490. The lowest BCUT2D eigenvalue weighted by Crippen LogP contribution is -2.54. The molecule has 0 spiro atoms. The third-order valence-corrected chi connectivity index (χ3v) is 8.02. The van der Waals surface area contributed by atoms with Crippen LogP contribution in [0, 0.1) is 11.7 Å². The molecule has 2 bridgehead atoms. The van der Waals surface area contributed by atoms with Gasteiger partial charge in [0, 0.05) is 36.9 Å². The Morgan fingerprint density at radius 2 is 1.84 bits per heavy atom. The number of aromatic nitrogens is 3. The van der Waals surface area contributed by atoms with E-state index in [0.717, 1.165) is 5.56 Å². The first-order valence-electron chi connectivity index (χ1n) is 14.6. The second-order valence-corrected chi connectivity index (χ2v) is 11.4. The van der Waals surface area contributed by atoms with Gasteiger partial charge in [-0.15, -0.1) is 10.2 Å². The van der Waals surface area contributed by atoms with Gasteiger partial charge in [-0.3, -0.25) is 23.7 Å². The number of aryl methyl sites for hydroxylation is 1. The molecule has 3 aromatic rings. The molecule has 226 valence electrons. The summed E-state index contributed by atoms with van der Waals surface area (Å²) in [5.41, 5.74) is 1.75. The molecule has 1 aromatic heterocycles. The highest BCUT2D eigenvalue weighted by Gasteiger charge is 2.37. The molecule has 12 heteroatoms. The molecule has 2 N–H and O–H groups in total. The zero-order valence-electron chi connectivity index (χ0n) is 24.3. The van der Waals surface area contributed by atoms with Crippen molar-refractivity contribution in [2.75, 3.05) is 26.2 Å². The van der Waals surface area contributed by atoms with Crippen molar-refractivity contribution in [3.05, 3.63) is 77.6 Å². The number of nitrogens with zero attached hydrogens (tertiary/aromatic N) is 5. The Hall–Kier alpha value is -4.61. The minimum atomic E-state index is -0.764. The minimum absolute atomic E-state index is 0.0589. The van der Waals surface area contributed by atoms with Gasteiger partial charge in [0.1, 0.15) is 24.5 Å². The van der Waals surface area contributed by atoms with Crippen molar-refractivity contribution in [2.24, 2.45) is 5.92 Å². The van der Waals surface area contributed by atoms with Gasteiger partial charge < -0.3 is 20.4 Å². The van der Waals surface area contributed by atoms with Gasteiger partial charge in [-0.05, 0) is 67.5 Å². The number of carbonyl (C=O) groups is 4. The van der Waals surface area contributed by atoms with Gasteiger partial charge in [-0.2, -0.15) is 0 Å². The van der Waals surface area contributed by atoms with Crippen LogP contribution in [0.2, 0.25) is 0 Å². The minimum Gasteiger partial charge on any atom is -0.355 e. The van der Waals surface area contributed by atoms with Crippen LogP contribution in [0.1, 0.15) is 59.4 Å². The molecule has 0 saturated carbocycles. The summed E-state index contributed by atoms with van der Waals surface area (Å²) in [6.45, 7) is 4.39. The van der Waals surface area contributed by atoms with Crippen molar-refractivity contribution in [2.45, 2.75) is 51.6 Å². The molecule has 2 aliphatic rings. The Morgan fingerprint density at radius 1 is 1.05 bits per heavy atom. The average Bonchev–Trinajstić information content (AvgIpc) is 3.71. The molecular formula is C31H36FN7O4. The maximum Gasteiger partial charge on any atom is 0.257 e. The molecule has 2 atom stereocenters. The first kappa shape index (κ1) is 29.9. The second-order valence-electron chi connectivity index (χ2n) is 11.4. The standard InChI is InChI=1S/C31H36FN7O4/c1-20(2)26-16-37(30(42)22-7-3-8-23(15-22)38-18-34-35-19-38)17-28(40)33-12-4-6-21-10-11-25(32)24(14-21)31(43)39-13-5-9-27(39)29(41)36-26/h3,7-8,10-11,14-15,18-20,26-27H,4-6,9,12-13,16-17H2,1-2H3,(H,33,40)(H,36,41)/t26-,27-/m0/s1. The number of nitrogens with one attached hydrogen (secondary N) is 2. The maximum atomic E-state index is 14.8. The summed E-state index contributed by atoms with van der Waals surface area (Å²) in [6, 6.07) is 10.1. The van der Waals surface area contributed by atoms with Crippen molar-refractivity contribution in [3.8, 4) is 5.69 Å². The molecule has 3 heterocycles. The van der Waals surface area contributed by atoms with Crippen LogP contribution >= 0.6 is 0 Å². The van der Waals surface area contributed by atoms with Crippen molar-refractivity contribution >= 4 is 23.6 Å². The van der Waals surface area contributed by atoms with Gasteiger partial charge in [0.15, 0.2) is 0 Å². The lowest BCUT2D eigenvalue weighted by Gasteiger charge is -2.32. The van der Waals surface area contributed by atoms with E-state index in [0.29, 0.717) is 50.0 Å². The van der Waals surface area contributed by atoms with Crippen LogP contribution in [0.25, 0.3) is 5.69 Å². The van der Waals surface area contributed by atoms with Gasteiger partial charge in [0.05, 0.1) is 12.1 Å². The van der Waals surface area contributed by atoms with E-state index in [1.54, 1.807) is 28.8 Å². The summed E-state index contributed by atoms with van der Waals surface area (Å²) in [4.78, 5) is 56.9. The fraction of sp³-hybridized carbons (Fsp3) is 0.419. The van der Waals surface area contributed by atoms with E-state index < -0.39 is 23.8 Å². The lowest BCUT2D eigenvalue weighted by molar-refractivity contribution is -0.126. The van der Waals surface area contributed by atoms with E-state index in [9.17, 15) is 23.6 Å². The molecular weight excluding hydrogens is 553 g/mol. The molecule has 2 aromatic carbocycles. The molecule has 1 saturated heterocycles. The topological polar surface area (TPSA) is 130 Å². The number of hydrogen-bond donors (Lipinski definition) is 2. The van der Waals surface area contributed by atoms with E-state index in [1.807, 2.05) is 19.9 Å². The normalized spacial score (nSPS) is 20.4. The van der Waals surface area contributed by atoms with Crippen molar-refractivity contribution < 1.29 is 23.6 Å². The van der Waals surface area contributed by atoms with E-state index in [-0.39, 0.29) is 42.3 Å². The Balaban J connectivity index is 1.44. The number of hydrogen-bond acceptors (Lipinski definition) is 6. The molecule has 0 radical (unpaired) electrons. The predicted molar refractivity (Wildman–Crippen MR) is 156 cm³/mol. The smallest absolute Gasteiger partial charge is 0.257 e. The summed E-state index contributed by atoms with van der Waals surface area (Å²) in [5, 5.41) is 13.5.